The van der Waals surface area contributed by atoms with Crippen LogP contribution >= 0.6 is 0 Å². The Morgan fingerprint density at radius 1 is 1.13 bits per heavy atom. The average molecular weight is 320 g/mol. The lowest BCUT2D eigenvalue weighted by Gasteiger charge is -2.30. The monoisotopic (exact) mass is 320 g/mol. The van der Waals surface area contributed by atoms with Gasteiger partial charge in [0, 0.05) is 24.7 Å². The molecule has 23 heavy (non-hydrogen) atoms. The van der Waals surface area contributed by atoms with Crippen LogP contribution in [0.5, 0.6) is 0 Å². The molecule has 1 fully saturated rings. The Hall–Kier alpha value is -2.57. The highest BCUT2D eigenvalue weighted by Crippen LogP contribution is 2.20. The van der Waals surface area contributed by atoms with Crippen LogP contribution in [-0.4, -0.2) is 50.2 Å². The van der Waals surface area contributed by atoms with E-state index in [0.717, 1.165) is 0 Å². The maximum Gasteiger partial charge on any atom is 0.409 e. The second-order valence-electron chi connectivity index (χ2n) is 5.29. The number of methoxy groups -OCH3 is 2. The van der Waals surface area contributed by atoms with E-state index in [2.05, 4.69) is 14.8 Å². The number of piperidine rings is 1. The summed E-state index contributed by atoms with van der Waals surface area (Å²) in [6, 6.07) is 6.60. The number of carbonyl (C=O) groups excluding carboxylic acids is 3. The Morgan fingerprint density at radius 2 is 1.83 bits per heavy atom. The van der Waals surface area contributed by atoms with Crippen LogP contribution in [0.1, 0.15) is 23.2 Å². The van der Waals surface area contributed by atoms with Crippen LogP contribution in [0.3, 0.4) is 0 Å². The van der Waals surface area contributed by atoms with Crippen molar-refractivity contribution in [3.8, 4) is 0 Å². The summed E-state index contributed by atoms with van der Waals surface area (Å²) in [6.07, 6.45) is 0.796. The Bertz CT molecular complexity index is 594. The molecule has 0 spiro atoms. The number of nitrogens with zero attached hydrogens (tertiary/aromatic N) is 1. The van der Waals surface area contributed by atoms with Gasteiger partial charge in [-0.2, -0.15) is 0 Å². The maximum absolute atomic E-state index is 12.3. The lowest BCUT2D eigenvalue weighted by molar-refractivity contribution is -0.121. The van der Waals surface area contributed by atoms with E-state index in [-0.39, 0.29) is 17.9 Å². The molecule has 7 nitrogen and oxygen atoms in total. The standard InChI is InChI=1S/C16H20N2O5/c1-22-15(20)12-4-3-5-13(10-12)17-14(19)11-6-8-18(9-7-11)16(21)23-2/h3-5,10-11H,6-9H2,1-2H3,(H,17,19). The fourth-order valence-corrected chi connectivity index (χ4v) is 2.54. The van der Waals surface area contributed by atoms with E-state index in [4.69, 9.17) is 0 Å². The second-order valence-corrected chi connectivity index (χ2v) is 5.29. The zero-order chi connectivity index (χ0) is 16.8. The molecule has 0 radical (unpaired) electrons. The third-order valence-electron chi connectivity index (χ3n) is 3.85. The van der Waals surface area contributed by atoms with Crippen LogP contribution in [0.15, 0.2) is 24.3 Å². The summed E-state index contributed by atoms with van der Waals surface area (Å²) in [5.41, 5.74) is 0.930. The molecule has 1 aromatic rings. The van der Waals surface area contributed by atoms with E-state index in [0.29, 0.717) is 37.2 Å². The molecule has 1 N–H and O–H groups in total. The van der Waals surface area contributed by atoms with E-state index in [1.165, 1.54) is 14.2 Å². The maximum atomic E-state index is 12.3. The number of likely N-dealkylation sites (tertiary alicyclic amines) is 1. The van der Waals surface area contributed by atoms with Crippen molar-refractivity contribution >= 4 is 23.7 Å². The van der Waals surface area contributed by atoms with Crippen LogP contribution in [0, 0.1) is 5.92 Å². The molecule has 2 amide bonds. The molecule has 0 aromatic heterocycles. The van der Waals surface area contributed by atoms with E-state index in [1.807, 2.05) is 0 Å². The number of ether oxygens (including phenoxy) is 2. The molecule has 1 saturated heterocycles. The Labute approximate surface area is 134 Å². The van der Waals surface area contributed by atoms with Crippen molar-refractivity contribution in [1.82, 2.24) is 4.90 Å². The first-order valence-corrected chi connectivity index (χ1v) is 7.37. The number of amides is 2. The van der Waals surface area contributed by atoms with E-state index in [1.54, 1.807) is 29.2 Å². The quantitative estimate of drug-likeness (QED) is 0.860. The van der Waals surface area contributed by atoms with Gasteiger partial charge in [-0.3, -0.25) is 4.79 Å². The van der Waals surface area contributed by atoms with Crippen LogP contribution in [0.25, 0.3) is 0 Å². The van der Waals surface area contributed by atoms with Crippen molar-refractivity contribution in [3.63, 3.8) is 0 Å². The Kier molecular flexibility index (Phi) is 5.56. The first-order valence-electron chi connectivity index (χ1n) is 7.37. The van der Waals surface area contributed by atoms with Crippen molar-refractivity contribution < 1.29 is 23.9 Å². The van der Waals surface area contributed by atoms with Gasteiger partial charge in [0.15, 0.2) is 0 Å². The zero-order valence-electron chi connectivity index (χ0n) is 13.2. The molecule has 1 aliphatic rings. The second kappa shape index (κ2) is 7.62. The van der Waals surface area contributed by atoms with Gasteiger partial charge in [0.05, 0.1) is 19.8 Å². The minimum Gasteiger partial charge on any atom is -0.465 e. The minimum absolute atomic E-state index is 0.114. The highest BCUT2D eigenvalue weighted by Gasteiger charge is 2.27. The molecule has 0 bridgehead atoms. The number of hydrogen-bond donors (Lipinski definition) is 1. The molecule has 0 saturated carbocycles. The minimum atomic E-state index is -0.451. The molecule has 1 aromatic carbocycles. The average Bonchev–Trinajstić information content (AvgIpc) is 2.60. The first kappa shape index (κ1) is 16.8. The number of rotatable bonds is 3. The summed E-state index contributed by atoms with van der Waals surface area (Å²) in [5, 5.41) is 2.81. The van der Waals surface area contributed by atoms with Gasteiger partial charge in [0.25, 0.3) is 0 Å². The molecule has 124 valence electrons. The van der Waals surface area contributed by atoms with Gasteiger partial charge in [0.1, 0.15) is 0 Å². The summed E-state index contributed by atoms with van der Waals surface area (Å²) in [6.45, 7) is 0.986. The lowest BCUT2D eigenvalue weighted by atomic mass is 9.96. The number of benzene rings is 1. The van der Waals surface area contributed by atoms with Gasteiger partial charge in [-0.1, -0.05) is 6.07 Å². The van der Waals surface area contributed by atoms with E-state index < -0.39 is 5.97 Å². The zero-order valence-corrected chi connectivity index (χ0v) is 13.2. The topological polar surface area (TPSA) is 84.9 Å². The van der Waals surface area contributed by atoms with E-state index >= 15 is 0 Å². The van der Waals surface area contributed by atoms with Gasteiger partial charge < -0.3 is 19.7 Å². The van der Waals surface area contributed by atoms with Gasteiger partial charge in [-0.05, 0) is 31.0 Å². The predicted octanol–water partition coefficient (Wildman–Crippen LogP) is 1.89. The smallest absolute Gasteiger partial charge is 0.409 e. The predicted molar refractivity (Wildman–Crippen MR) is 83.1 cm³/mol. The van der Waals surface area contributed by atoms with Crippen LogP contribution in [0.2, 0.25) is 0 Å². The summed E-state index contributed by atoms with van der Waals surface area (Å²) in [7, 11) is 2.65. The van der Waals surface area contributed by atoms with Crippen LogP contribution in [0.4, 0.5) is 10.5 Å². The molecule has 1 aliphatic heterocycles. The SMILES string of the molecule is COC(=O)c1cccc(NC(=O)C2CCN(C(=O)OC)CC2)c1. The Balaban J connectivity index is 1.93. The lowest BCUT2D eigenvalue weighted by Crippen LogP contribution is -2.41. The molecule has 7 heteroatoms. The molecule has 2 rings (SSSR count). The summed E-state index contributed by atoms with van der Waals surface area (Å²) >= 11 is 0. The first-order chi connectivity index (χ1) is 11.0. The Morgan fingerprint density at radius 3 is 2.43 bits per heavy atom. The number of esters is 1. The van der Waals surface area contributed by atoms with Crippen molar-refractivity contribution in [2.24, 2.45) is 5.92 Å². The summed E-state index contributed by atoms with van der Waals surface area (Å²) in [4.78, 5) is 36.8. The van der Waals surface area contributed by atoms with Gasteiger partial charge >= 0.3 is 12.1 Å². The number of anilines is 1. The normalized spacial score (nSPS) is 15.0. The number of carbonyl (C=O) groups is 3. The van der Waals surface area contributed by atoms with Gasteiger partial charge in [-0.25, -0.2) is 9.59 Å². The molecule has 0 unspecified atom stereocenters. The molecular weight excluding hydrogens is 300 g/mol. The fraction of sp³-hybridized carbons (Fsp3) is 0.438. The molecule has 0 atom stereocenters. The van der Waals surface area contributed by atoms with Crippen LogP contribution < -0.4 is 5.32 Å². The summed E-state index contributed by atoms with van der Waals surface area (Å²) in [5.74, 6) is -0.735. The van der Waals surface area contributed by atoms with E-state index in [9.17, 15) is 14.4 Å². The molecule has 1 heterocycles. The van der Waals surface area contributed by atoms with Gasteiger partial charge in [-0.15, -0.1) is 0 Å². The van der Waals surface area contributed by atoms with Crippen molar-refractivity contribution in [1.29, 1.82) is 0 Å². The van der Waals surface area contributed by atoms with Gasteiger partial charge in [0.2, 0.25) is 5.91 Å². The molecular formula is C16H20N2O5. The third kappa shape index (κ3) is 4.21. The van der Waals surface area contributed by atoms with Crippen molar-refractivity contribution in [2.45, 2.75) is 12.8 Å². The number of hydrogen-bond acceptors (Lipinski definition) is 5. The van der Waals surface area contributed by atoms with Crippen molar-refractivity contribution in [3.05, 3.63) is 29.8 Å². The highest BCUT2D eigenvalue weighted by atomic mass is 16.5. The summed E-state index contributed by atoms with van der Waals surface area (Å²) < 4.78 is 9.33. The van der Waals surface area contributed by atoms with Crippen LogP contribution in [-0.2, 0) is 14.3 Å². The number of nitrogens with one attached hydrogen (secondary N) is 1. The third-order valence-corrected chi connectivity index (χ3v) is 3.85. The fourth-order valence-electron chi connectivity index (χ4n) is 2.54. The molecule has 0 aliphatic carbocycles. The highest BCUT2D eigenvalue weighted by molar-refractivity contribution is 5.95. The van der Waals surface area contributed by atoms with Crippen molar-refractivity contribution in [2.75, 3.05) is 32.6 Å². The largest absolute Gasteiger partial charge is 0.465 e.